The zero-order chi connectivity index (χ0) is 21.2. The lowest BCUT2D eigenvalue weighted by Crippen LogP contribution is -2.37. The van der Waals surface area contributed by atoms with Crippen molar-refractivity contribution in [3.8, 4) is 5.75 Å². The summed E-state index contributed by atoms with van der Waals surface area (Å²) in [5, 5.41) is 9.78. The fourth-order valence-electron chi connectivity index (χ4n) is 3.29. The number of carbonyl (C=O) groups is 1. The fourth-order valence-corrected chi connectivity index (χ4v) is 3.49. The van der Waals surface area contributed by atoms with Crippen LogP contribution in [-0.2, 0) is 11.4 Å². The molecule has 158 valence electrons. The van der Waals surface area contributed by atoms with Crippen molar-refractivity contribution in [1.82, 2.24) is 9.80 Å². The summed E-state index contributed by atoms with van der Waals surface area (Å²) < 4.78 is 5.59. The van der Waals surface area contributed by atoms with E-state index < -0.39 is 0 Å². The van der Waals surface area contributed by atoms with Crippen LogP contribution < -0.4 is 4.74 Å². The molecule has 0 saturated carbocycles. The van der Waals surface area contributed by atoms with Gasteiger partial charge in [-0.3, -0.25) is 4.79 Å². The topological polar surface area (TPSA) is 53.0 Å². The van der Waals surface area contributed by atoms with Crippen molar-refractivity contribution in [2.45, 2.75) is 39.3 Å². The predicted molar refractivity (Wildman–Crippen MR) is 118 cm³/mol. The first-order valence-electron chi connectivity index (χ1n) is 10.1. The molecule has 1 aromatic carbocycles. The summed E-state index contributed by atoms with van der Waals surface area (Å²) in [6, 6.07) is 7.37. The molecule has 1 aliphatic heterocycles. The van der Waals surface area contributed by atoms with Gasteiger partial charge in [0.2, 0.25) is 0 Å². The lowest BCUT2D eigenvalue weighted by molar-refractivity contribution is -0.132. The number of likely N-dealkylation sites (tertiary alicyclic amines) is 1. The summed E-state index contributed by atoms with van der Waals surface area (Å²) in [5.74, 6) is 0.617. The first kappa shape index (κ1) is 23.0. The molecule has 1 N–H and O–H groups in total. The Morgan fingerprint density at radius 2 is 2.03 bits per heavy atom. The van der Waals surface area contributed by atoms with Crippen LogP contribution in [0.2, 0.25) is 0 Å². The molecular formula is C23H31ClN2O3. The maximum absolute atomic E-state index is 12.5. The lowest BCUT2D eigenvalue weighted by atomic mass is 10.2. The van der Waals surface area contributed by atoms with Gasteiger partial charge >= 0.3 is 0 Å². The molecule has 1 unspecified atom stereocenters. The molecule has 1 heterocycles. The molecule has 29 heavy (non-hydrogen) atoms. The normalized spacial score (nSPS) is 18.2. The van der Waals surface area contributed by atoms with Crippen LogP contribution in [0.1, 0.15) is 32.3 Å². The molecule has 1 aromatic rings. The standard InChI is InChI=1S/C21H25ClN2O3.C2H6/c1-23(18-5-3-2-4-17(22)12-18)19-10-11-24(13-19)21(26)15-27-20-8-6-16(14-25)7-9-20;1-2/h2,4-9,12,19,25H,3,10-11,13-15H2,1H3;1-2H3. The number of rotatable bonds is 6. The number of likely N-dealkylation sites (N-methyl/N-ethyl adjacent to an activating group) is 1. The van der Waals surface area contributed by atoms with E-state index in [2.05, 4.69) is 18.0 Å². The Balaban J connectivity index is 0.00000145. The zero-order valence-electron chi connectivity index (χ0n) is 17.5. The monoisotopic (exact) mass is 418 g/mol. The molecule has 6 heteroatoms. The summed E-state index contributed by atoms with van der Waals surface area (Å²) in [6.45, 7) is 5.42. The number of nitrogens with zero attached hydrogens (tertiary/aromatic N) is 2. The minimum atomic E-state index is -0.0118. The number of benzene rings is 1. The minimum Gasteiger partial charge on any atom is -0.484 e. The lowest BCUT2D eigenvalue weighted by Gasteiger charge is -2.28. The number of hydrogen-bond acceptors (Lipinski definition) is 4. The fraction of sp³-hybridized carbons (Fsp3) is 0.435. The average molecular weight is 419 g/mol. The molecule has 0 aromatic heterocycles. The van der Waals surface area contributed by atoms with Gasteiger partial charge in [-0.2, -0.15) is 0 Å². The number of carbonyl (C=O) groups excluding carboxylic acids is 1. The number of amides is 1. The van der Waals surface area contributed by atoms with Crippen molar-refractivity contribution >= 4 is 17.5 Å². The van der Waals surface area contributed by atoms with Crippen LogP contribution in [0.3, 0.4) is 0 Å². The number of aliphatic hydroxyl groups is 1. The minimum absolute atomic E-state index is 0.00517. The van der Waals surface area contributed by atoms with E-state index in [1.165, 1.54) is 0 Å². The van der Waals surface area contributed by atoms with Gasteiger partial charge in [0.25, 0.3) is 5.91 Å². The maximum atomic E-state index is 12.5. The van der Waals surface area contributed by atoms with Crippen molar-refractivity contribution in [2.24, 2.45) is 0 Å². The largest absolute Gasteiger partial charge is 0.484 e. The van der Waals surface area contributed by atoms with Crippen molar-refractivity contribution in [1.29, 1.82) is 0 Å². The molecule has 1 fully saturated rings. The summed E-state index contributed by atoms with van der Waals surface area (Å²) in [6.07, 6.45) is 9.83. The Labute approximate surface area is 178 Å². The average Bonchev–Trinajstić information content (AvgIpc) is 3.15. The Morgan fingerprint density at radius 1 is 1.31 bits per heavy atom. The third-order valence-electron chi connectivity index (χ3n) is 4.97. The van der Waals surface area contributed by atoms with Crippen molar-refractivity contribution in [2.75, 3.05) is 26.7 Å². The van der Waals surface area contributed by atoms with E-state index in [-0.39, 0.29) is 25.2 Å². The van der Waals surface area contributed by atoms with Gasteiger partial charge in [0.15, 0.2) is 6.61 Å². The first-order valence-corrected chi connectivity index (χ1v) is 10.5. The van der Waals surface area contributed by atoms with E-state index >= 15 is 0 Å². The molecule has 0 spiro atoms. The zero-order valence-corrected chi connectivity index (χ0v) is 18.2. The SMILES string of the molecule is CC.CN(C1=CCC=CC(Cl)=C1)C1CCN(C(=O)COc2ccc(CO)cc2)C1. The van der Waals surface area contributed by atoms with Crippen LogP contribution in [0.4, 0.5) is 0 Å². The number of allylic oxidation sites excluding steroid dienone is 5. The van der Waals surface area contributed by atoms with Gasteiger partial charge in [-0.15, -0.1) is 0 Å². The van der Waals surface area contributed by atoms with E-state index in [1.54, 1.807) is 24.3 Å². The summed E-state index contributed by atoms with van der Waals surface area (Å²) in [7, 11) is 2.05. The summed E-state index contributed by atoms with van der Waals surface area (Å²) in [4.78, 5) is 16.5. The number of aliphatic hydroxyl groups excluding tert-OH is 1. The van der Waals surface area contributed by atoms with E-state index in [4.69, 9.17) is 21.4 Å². The molecule has 2 aliphatic rings. The second kappa shape index (κ2) is 11.7. The van der Waals surface area contributed by atoms with Crippen molar-refractivity contribution < 1.29 is 14.6 Å². The molecule has 0 bridgehead atoms. The van der Waals surface area contributed by atoms with E-state index in [1.807, 2.05) is 37.0 Å². The van der Waals surface area contributed by atoms with Gasteiger partial charge in [0.05, 0.1) is 6.61 Å². The highest BCUT2D eigenvalue weighted by molar-refractivity contribution is 6.31. The van der Waals surface area contributed by atoms with Gasteiger partial charge in [0.1, 0.15) is 5.75 Å². The maximum Gasteiger partial charge on any atom is 0.260 e. The van der Waals surface area contributed by atoms with Gasteiger partial charge in [-0.1, -0.05) is 49.7 Å². The van der Waals surface area contributed by atoms with Crippen molar-refractivity contribution in [3.63, 3.8) is 0 Å². The third-order valence-corrected chi connectivity index (χ3v) is 5.20. The third kappa shape index (κ3) is 6.65. The second-order valence-corrected chi connectivity index (χ2v) is 7.22. The highest BCUT2D eigenvalue weighted by atomic mass is 35.5. The summed E-state index contributed by atoms with van der Waals surface area (Å²) >= 11 is 6.18. The Hall–Kier alpha value is -2.24. The molecule has 0 radical (unpaired) electrons. The van der Waals surface area contributed by atoms with Gasteiger partial charge in [0, 0.05) is 36.9 Å². The number of hydrogen-bond donors (Lipinski definition) is 1. The Kier molecular flexibility index (Phi) is 9.29. The second-order valence-electron chi connectivity index (χ2n) is 6.78. The molecule has 1 saturated heterocycles. The highest BCUT2D eigenvalue weighted by Gasteiger charge is 2.29. The smallest absolute Gasteiger partial charge is 0.260 e. The Morgan fingerprint density at radius 3 is 2.72 bits per heavy atom. The molecular weight excluding hydrogens is 388 g/mol. The van der Waals surface area contributed by atoms with Crippen LogP contribution in [0.25, 0.3) is 0 Å². The number of ether oxygens (including phenoxy) is 1. The molecule has 3 rings (SSSR count). The Bertz CT molecular complexity index is 756. The predicted octanol–water partition coefficient (Wildman–Crippen LogP) is 4.08. The van der Waals surface area contributed by atoms with Crippen LogP contribution in [0.5, 0.6) is 5.75 Å². The van der Waals surface area contributed by atoms with E-state index in [0.717, 1.165) is 35.7 Å². The van der Waals surface area contributed by atoms with Gasteiger partial charge < -0.3 is 19.6 Å². The van der Waals surface area contributed by atoms with E-state index in [0.29, 0.717) is 12.3 Å². The molecule has 1 aliphatic carbocycles. The molecule has 5 nitrogen and oxygen atoms in total. The quantitative estimate of drug-likeness (QED) is 0.756. The van der Waals surface area contributed by atoms with Crippen LogP contribution in [0, 0.1) is 0 Å². The van der Waals surface area contributed by atoms with Gasteiger partial charge in [-0.05, 0) is 42.7 Å². The van der Waals surface area contributed by atoms with Crippen LogP contribution >= 0.6 is 11.6 Å². The van der Waals surface area contributed by atoms with Crippen molar-refractivity contribution in [3.05, 3.63) is 64.9 Å². The van der Waals surface area contributed by atoms with Gasteiger partial charge in [-0.25, -0.2) is 0 Å². The number of halogens is 1. The van der Waals surface area contributed by atoms with Crippen LogP contribution in [-0.4, -0.2) is 53.6 Å². The van der Waals surface area contributed by atoms with Crippen LogP contribution in [0.15, 0.2) is 59.3 Å². The van der Waals surface area contributed by atoms with E-state index in [9.17, 15) is 4.79 Å². The first-order chi connectivity index (χ1) is 14.1. The highest BCUT2D eigenvalue weighted by Crippen LogP contribution is 2.23. The molecule has 1 atom stereocenters. The summed E-state index contributed by atoms with van der Waals surface area (Å²) in [5.41, 5.74) is 1.90. The molecule has 1 amide bonds.